The van der Waals surface area contributed by atoms with E-state index < -0.39 is 10.0 Å². The lowest BCUT2D eigenvalue weighted by atomic mass is 10.4. The second kappa shape index (κ2) is 6.95. The van der Waals surface area contributed by atoms with Crippen molar-refractivity contribution < 1.29 is 8.42 Å². The Balaban J connectivity index is 2.98. The second-order valence-electron chi connectivity index (χ2n) is 3.36. The molecular formula is C10H15Cl2NO2S2. The van der Waals surface area contributed by atoms with Crippen molar-refractivity contribution in [3.05, 3.63) is 17.0 Å². The average molecular weight is 316 g/mol. The molecule has 0 spiro atoms. The number of sulfonamides is 1. The van der Waals surface area contributed by atoms with Gasteiger partial charge in [-0.15, -0.1) is 34.5 Å². The lowest BCUT2D eigenvalue weighted by molar-refractivity contribution is 0.450. The molecule has 0 radical (unpaired) electrons. The van der Waals surface area contributed by atoms with Crippen molar-refractivity contribution in [2.45, 2.75) is 17.6 Å². The number of hydrogen-bond acceptors (Lipinski definition) is 3. The Morgan fingerprint density at radius 1 is 1.24 bits per heavy atom. The van der Waals surface area contributed by atoms with Crippen LogP contribution < -0.4 is 0 Å². The minimum Gasteiger partial charge on any atom is -0.206 e. The molecule has 0 aromatic carbocycles. The predicted octanol–water partition coefficient (Wildman–Crippen LogP) is 2.78. The summed E-state index contributed by atoms with van der Waals surface area (Å²) in [6.45, 7) is 2.57. The van der Waals surface area contributed by atoms with E-state index in [-0.39, 0.29) is 24.8 Å². The van der Waals surface area contributed by atoms with E-state index in [0.29, 0.717) is 4.21 Å². The van der Waals surface area contributed by atoms with E-state index in [9.17, 15) is 8.42 Å². The largest absolute Gasteiger partial charge is 0.252 e. The van der Waals surface area contributed by atoms with Gasteiger partial charge in [-0.2, -0.15) is 4.31 Å². The Hall–Kier alpha value is 0.190. The summed E-state index contributed by atoms with van der Waals surface area (Å²) >= 11 is 12.5. The van der Waals surface area contributed by atoms with Gasteiger partial charge in [0.25, 0.3) is 10.0 Å². The van der Waals surface area contributed by atoms with E-state index in [0.717, 1.165) is 11.3 Å². The van der Waals surface area contributed by atoms with Crippen molar-refractivity contribution >= 4 is 44.6 Å². The molecule has 3 nitrogen and oxygen atoms in total. The molecule has 17 heavy (non-hydrogen) atoms. The zero-order chi connectivity index (χ0) is 12.9. The maximum absolute atomic E-state index is 12.3. The van der Waals surface area contributed by atoms with Gasteiger partial charge in [-0.1, -0.05) is 6.92 Å². The normalized spacial score (nSPS) is 12.2. The van der Waals surface area contributed by atoms with Gasteiger partial charge >= 0.3 is 0 Å². The molecule has 1 aromatic rings. The van der Waals surface area contributed by atoms with E-state index >= 15 is 0 Å². The molecule has 1 aromatic heterocycles. The average Bonchev–Trinajstić information content (AvgIpc) is 2.78. The molecular weight excluding hydrogens is 301 g/mol. The fraction of sp³-hybridized carbons (Fsp3) is 0.600. The maximum Gasteiger partial charge on any atom is 0.252 e. The zero-order valence-electron chi connectivity index (χ0n) is 9.53. The van der Waals surface area contributed by atoms with Gasteiger partial charge in [0.05, 0.1) is 0 Å². The molecule has 0 unspecified atom stereocenters. The monoisotopic (exact) mass is 315 g/mol. The van der Waals surface area contributed by atoms with Crippen LogP contribution in [0.2, 0.25) is 0 Å². The number of alkyl halides is 2. The third-order valence-corrected chi connectivity index (χ3v) is 6.18. The number of nitrogens with zero attached hydrogens (tertiary/aromatic N) is 1. The van der Waals surface area contributed by atoms with E-state index in [1.807, 2.05) is 13.0 Å². The summed E-state index contributed by atoms with van der Waals surface area (Å²) in [7, 11) is -3.43. The Bertz CT molecular complexity index is 439. The first kappa shape index (κ1) is 15.2. The molecule has 1 rings (SSSR count). The van der Waals surface area contributed by atoms with Crippen molar-refractivity contribution in [3.63, 3.8) is 0 Å². The van der Waals surface area contributed by atoms with Crippen molar-refractivity contribution in [1.82, 2.24) is 4.31 Å². The van der Waals surface area contributed by atoms with Gasteiger partial charge in [0.2, 0.25) is 0 Å². The van der Waals surface area contributed by atoms with Crippen LogP contribution >= 0.6 is 34.5 Å². The highest BCUT2D eigenvalue weighted by atomic mass is 35.5. The first-order valence-electron chi connectivity index (χ1n) is 5.27. The molecule has 1 heterocycles. The number of hydrogen-bond donors (Lipinski definition) is 0. The lowest BCUT2D eigenvalue weighted by Crippen LogP contribution is -2.34. The maximum atomic E-state index is 12.3. The first-order valence-corrected chi connectivity index (χ1v) is 8.59. The summed E-state index contributed by atoms with van der Waals surface area (Å²) in [5.41, 5.74) is 0. The SMILES string of the molecule is CCc1ccc(S(=O)(=O)N(CCCl)CCCl)s1. The molecule has 98 valence electrons. The molecule has 0 aliphatic rings. The van der Waals surface area contributed by atoms with Gasteiger partial charge in [0, 0.05) is 29.7 Å². The topological polar surface area (TPSA) is 37.4 Å². The standard InChI is InChI=1S/C10H15Cl2NO2S2/c1-2-9-3-4-10(16-9)17(14,15)13(7-5-11)8-6-12/h3-4H,2,5-8H2,1H3. The summed E-state index contributed by atoms with van der Waals surface area (Å²) < 4.78 is 26.2. The Kier molecular flexibility index (Phi) is 6.23. The van der Waals surface area contributed by atoms with Crippen molar-refractivity contribution in [2.75, 3.05) is 24.8 Å². The van der Waals surface area contributed by atoms with Gasteiger partial charge in [-0.05, 0) is 18.6 Å². The summed E-state index contributed by atoms with van der Waals surface area (Å²) in [5.74, 6) is 0.532. The van der Waals surface area contributed by atoms with Gasteiger partial charge in [0.15, 0.2) is 0 Å². The first-order chi connectivity index (χ1) is 8.06. The number of halogens is 2. The second-order valence-corrected chi connectivity index (χ2v) is 7.45. The minimum atomic E-state index is -3.43. The van der Waals surface area contributed by atoms with Gasteiger partial charge in [-0.3, -0.25) is 0 Å². The van der Waals surface area contributed by atoms with Crippen molar-refractivity contribution in [3.8, 4) is 0 Å². The minimum absolute atomic E-state index is 0.266. The van der Waals surface area contributed by atoms with Crippen LogP contribution in [-0.4, -0.2) is 37.6 Å². The highest BCUT2D eigenvalue weighted by Crippen LogP contribution is 2.25. The van der Waals surface area contributed by atoms with Crippen LogP contribution in [0.1, 0.15) is 11.8 Å². The third-order valence-electron chi connectivity index (χ3n) is 2.25. The Labute approximate surface area is 116 Å². The van der Waals surface area contributed by atoms with Crippen LogP contribution in [0.4, 0.5) is 0 Å². The van der Waals surface area contributed by atoms with Crippen molar-refractivity contribution in [2.24, 2.45) is 0 Å². The van der Waals surface area contributed by atoms with E-state index in [4.69, 9.17) is 23.2 Å². The van der Waals surface area contributed by atoms with Crippen LogP contribution in [0.5, 0.6) is 0 Å². The molecule has 0 aliphatic heterocycles. The molecule has 0 atom stereocenters. The number of aryl methyl sites for hydroxylation is 1. The van der Waals surface area contributed by atoms with Crippen molar-refractivity contribution in [1.29, 1.82) is 0 Å². The smallest absolute Gasteiger partial charge is 0.206 e. The van der Waals surface area contributed by atoms with Crippen LogP contribution in [0.15, 0.2) is 16.3 Å². The molecule has 0 saturated carbocycles. The molecule has 0 bridgehead atoms. The molecule has 0 N–H and O–H groups in total. The molecule has 7 heteroatoms. The number of rotatable bonds is 7. The third kappa shape index (κ3) is 3.83. The van der Waals surface area contributed by atoms with Crippen LogP contribution in [0.25, 0.3) is 0 Å². The zero-order valence-corrected chi connectivity index (χ0v) is 12.7. The van der Waals surface area contributed by atoms with E-state index in [2.05, 4.69) is 0 Å². The molecule has 0 aliphatic carbocycles. The lowest BCUT2D eigenvalue weighted by Gasteiger charge is -2.18. The molecule has 0 fully saturated rings. The summed E-state index contributed by atoms with van der Waals surface area (Å²) in [5, 5.41) is 0. The fourth-order valence-corrected chi connectivity index (χ4v) is 4.85. The van der Waals surface area contributed by atoms with Gasteiger partial charge < -0.3 is 0 Å². The highest BCUT2D eigenvalue weighted by Gasteiger charge is 2.24. The predicted molar refractivity (Wildman–Crippen MR) is 73.9 cm³/mol. The fourth-order valence-electron chi connectivity index (χ4n) is 1.35. The van der Waals surface area contributed by atoms with Crippen LogP contribution in [0.3, 0.4) is 0 Å². The van der Waals surface area contributed by atoms with Crippen LogP contribution in [-0.2, 0) is 16.4 Å². The summed E-state index contributed by atoms with van der Waals surface area (Å²) in [6.07, 6.45) is 0.838. The van der Waals surface area contributed by atoms with E-state index in [1.165, 1.54) is 15.6 Å². The van der Waals surface area contributed by atoms with Gasteiger partial charge in [-0.25, -0.2) is 8.42 Å². The molecule has 0 amide bonds. The van der Waals surface area contributed by atoms with Crippen LogP contribution in [0, 0.1) is 0 Å². The van der Waals surface area contributed by atoms with E-state index in [1.54, 1.807) is 6.07 Å². The Morgan fingerprint density at radius 3 is 2.24 bits per heavy atom. The molecule has 0 saturated heterocycles. The summed E-state index contributed by atoms with van der Waals surface area (Å²) in [4.78, 5) is 1.06. The van der Waals surface area contributed by atoms with Gasteiger partial charge in [0.1, 0.15) is 4.21 Å². The number of thiophene rings is 1. The summed E-state index contributed by atoms with van der Waals surface area (Å²) in [6, 6.07) is 3.49. The highest BCUT2D eigenvalue weighted by molar-refractivity contribution is 7.91. The quantitative estimate of drug-likeness (QED) is 0.726. The Morgan fingerprint density at radius 2 is 1.82 bits per heavy atom.